The minimum atomic E-state index is -0.454. The predicted octanol–water partition coefficient (Wildman–Crippen LogP) is 1.63. The molecule has 0 unspecified atom stereocenters. The zero-order chi connectivity index (χ0) is 12.8. The van der Waals surface area contributed by atoms with Crippen molar-refractivity contribution in [3.8, 4) is 0 Å². The number of anilines is 1. The number of carbonyl (C=O) groups is 2. The summed E-state index contributed by atoms with van der Waals surface area (Å²) in [5.74, 6) is -0.454. The summed E-state index contributed by atoms with van der Waals surface area (Å²) in [6.07, 6.45) is 0.611. The van der Waals surface area contributed by atoms with E-state index in [4.69, 9.17) is 4.74 Å². The molecule has 0 saturated heterocycles. The van der Waals surface area contributed by atoms with Crippen molar-refractivity contribution in [3.05, 3.63) is 11.3 Å². The van der Waals surface area contributed by atoms with Gasteiger partial charge in [-0.1, -0.05) is 6.92 Å². The van der Waals surface area contributed by atoms with E-state index in [2.05, 4.69) is 15.0 Å². The van der Waals surface area contributed by atoms with Gasteiger partial charge in [-0.15, -0.1) is 0 Å². The van der Waals surface area contributed by atoms with Crippen molar-refractivity contribution < 1.29 is 14.3 Å². The smallest absolute Gasteiger partial charge is 0.343 e. The number of esters is 1. The summed E-state index contributed by atoms with van der Waals surface area (Å²) in [6, 6.07) is -0.387. The van der Waals surface area contributed by atoms with Crippen LogP contribution in [-0.4, -0.2) is 30.0 Å². The molecule has 0 radical (unpaired) electrons. The van der Waals surface area contributed by atoms with Crippen LogP contribution < -0.4 is 10.6 Å². The van der Waals surface area contributed by atoms with Crippen LogP contribution in [0.4, 0.5) is 9.80 Å². The van der Waals surface area contributed by atoms with Crippen LogP contribution in [0.3, 0.4) is 0 Å². The second-order valence-corrected chi connectivity index (χ2v) is 3.88. The lowest BCUT2D eigenvalue weighted by molar-refractivity contribution is 0.0526. The first-order valence-electron chi connectivity index (χ1n) is 5.28. The van der Waals surface area contributed by atoms with Crippen molar-refractivity contribution in [2.45, 2.75) is 20.3 Å². The largest absolute Gasteiger partial charge is 0.462 e. The lowest BCUT2D eigenvalue weighted by Crippen LogP contribution is -2.25. The number of hydrogen-bond acceptors (Lipinski definition) is 5. The number of nitrogens with one attached hydrogen (secondary N) is 2. The van der Waals surface area contributed by atoms with Crippen LogP contribution in [0.25, 0.3) is 0 Å². The van der Waals surface area contributed by atoms with E-state index in [0.717, 1.165) is 11.5 Å². The predicted molar refractivity (Wildman–Crippen MR) is 65.5 cm³/mol. The van der Waals surface area contributed by atoms with E-state index in [1.165, 1.54) is 7.05 Å². The molecule has 94 valence electrons. The minimum Gasteiger partial charge on any atom is -0.462 e. The molecule has 0 aromatic carbocycles. The molecule has 6 nitrogen and oxygen atoms in total. The van der Waals surface area contributed by atoms with Gasteiger partial charge in [-0.25, -0.2) is 9.59 Å². The summed E-state index contributed by atoms with van der Waals surface area (Å²) in [7, 11) is 1.50. The normalized spacial score (nSPS) is 9.82. The second kappa shape index (κ2) is 6.19. The van der Waals surface area contributed by atoms with Crippen molar-refractivity contribution in [2.24, 2.45) is 0 Å². The fourth-order valence-electron chi connectivity index (χ4n) is 1.23. The number of aromatic nitrogens is 1. The van der Waals surface area contributed by atoms with Crippen molar-refractivity contribution in [2.75, 3.05) is 19.0 Å². The van der Waals surface area contributed by atoms with Gasteiger partial charge >= 0.3 is 12.0 Å². The maximum atomic E-state index is 11.7. The number of urea groups is 1. The highest BCUT2D eigenvalue weighted by Gasteiger charge is 2.22. The number of ether oxygens (including phenoxy) is 1. The maximum absolute atomic E-state index is 11.7. The average molecular weight is 257 g/mol. The molecule has 0 saturated carbocycles. The Morgan fingerprint density at radius 3 is 2.65 bits per heavy atom. The molecule has 0 fully saturated rings. The van der Waals surface area contributed by atoms with Gasteiger partial charge in [-0.05, 0) is 24.9 Å². The fourth-order valence-corrected chi connectivity index (χ4v) is 2.08. The summed E-state index contributed by atoms with van der Waals surface area (Å²) >= 11 is 1.08. The number of carbonyl (C=O) groups excluding carboxylic acids is 2. The highest BCUT2D eigenvalue weighted by Crippen LogP contribution is 2.26. The summed E-state index contributed by atoms with van der Waals surface area (Å²) < 4.78 is 9.06. The van der Waals surface area contributed by atoms with E-state index in [-0.39, 0.29) is 12.6 Å². The van der Waals surface area contributed by atoms with E-state index in [1.54, 1.807) is 6.92 Å². The van der Waals surface area contributed by atoms with Gasteiger partial charge < -0.3 is 10.1 Å². The molecule has 1 aromatic rings. The highest BCUT2D eigenvalue weighted by molar-refractivity contribution is 7.11. The molecule has 0 aliphatic carbocycles. The standard InChI is InChI=1S/C10H15N3O3S/c1-4-6-7(9(14)16-5-2)8(17-13-6)12-10(15)11-3/h4-5H2,1-3H3,(H2,11,12,15). The fraction of sp³-hybridized carbons (Fsp3) is 0.500. The van der Waals surface area contributed by atoms with Crippen molar-refractivity contribution in [1.29, 1.82) is 0 Å². The Morgan fingerprint density at radius 1 is 1.41 bits per heavy atom. The van der Waals surface area contributed by atoms with E-state index in [9.17, 15) is 9.59 Å². The van der Waals surface area contributed by atoms with E-state index in [1.807, 2.05) is 6.92 Å². The van der Waals surface area contributed by atoms with Gasteiger partial charge in [0, 0.05) is 7.05 Å². The zero-order valence-electron chi connectivity index (χ0n) is 9.99. The monoisotopic (exact) mass is 257 g/mol. The van der Waals surface area contributed by atoms with Crippen LogP contribution in [0.2, 0.25) is 0 Å². The summed E-state index contributed by atoms with van der Waals surface area (Å²) in [4.78, 5) is 23.0. The molecule has 7 heteroatoms. The van der Waals surface area contributed by atoms with E-state index in [0.29, 0.717) is 22.7 Å². The Labute approximate surface area is 104 Å². The molecular formula is C10H15N3O3S. The first kappa shape index (κ1) is 13.4. The third-order valence-corrected chi connectivity index (χ3v) is 2.83. The van der Waals surface area contributed by atoms with Crippen molar-refractivity contribution in [1.82, 2.24) is 9.69 Å². The van der Waals surface area contributed by atoms with Crippen LogP contribution in [-0.2, 0) is 11.2 Å². The Morgan fingerprint density at radius 2 is 2.12 bits per heavy atom. The van der Waals surface area contributed by atoms with E-state index >= 15 is 0 Å². The molecule has 0 bridgehead atoms. The van der Waals surface area contributed by atoms with Crippen molar-refractivity contribution >= 4 is 28.5 Å². The summed E-state index contributed by atoms with van der Waals surface area (Å²) in [5.41, 5.74) is 0.989. The minimum absolute atomic E-state index is 0.289. The quantitative estimate of drug-likeness (QED) is 0.803. The molecule has 1 heterocycles. The number of rotatable bonds is 4. The molecule has 0 atom stereocenters. The van der Waals surface area contributed by atoms with Gasteiger partial charge in [0.2, 0.25) is 0 Å². The second-order valence-electron chi connectivity index (χ2n) is 3.11. The highest BCUT2D eigenvalue weighted by atomic mass is 32.1. The van der Waals surface area contributed by atoms with Gasteiger partial charge in [0.1, 0.15) is 10.6 Å². The first-order chi connectivity index (χ1) is 8.13. The Hall–Kier alpha value is -1.63. The molecule has 17 heavy (non-hydrogen) atoms. The topological polar surface area (TPSA) is 80.3 Å². The van der Waals surface area contributed by atoms with Gasteiger partial charge in [-0.2, -0.15) is 4.37 Å². The molecule has 2 amide bonds. The molecule has 2 N–H and O–H groups in total. The maximum Gasteiger partial charge on any atom is 0.343 e. The molecule has 1 rings (SSSR count). The van der Waals surface area contributed by atoms with Gasteiger partial charge in [0.05, 0.1) is 12.3 Å². The average Bonchev–Trinajstić information content (AvgIpc) is 2.72. The van der Waals surface area contributed by atoms with Crippen LogP contribution in [0, 0.1) is 0 Å². The number of hydrogen-bond donors (Lipinski definition) is 2. The van der Waals surface area contributed by atoms with Gasteiger partial charge in [0.15, 0.2) is 0 Å². The molecule has 0 spiro atoms. The number of nitrogens with zero attached hydrogens (tertiary/aromatic N) is 1. The van der Waals surface area contributed by atoms with Crippen LogP contribution in [0.15, 0.2) is 0 Å². The molecule has 0 aliphatic rings. The van der Waals surface area contributed by atoms with Crippen LogP contribution >= 0.6 is 11.5 Å². The summed E-state index contributed by atoms with van der Waals surface area (Å²) in [6.45, 7) is 3.91. The number of amides is 2. The first-order valence-corrected chi connectivity index (χ1v) is 6.05. The summed E-state index contributed by atoms with van der Waals surface area (Å²) in [5, 5.41) is 5.39. The van der Waals surface area contributed by atoms with Crippen molar-refractivity contribution in [3.63, 3.8) is 0 Å². The van der Waals surface area contributed by atoms with Crippen LogP contribution in [0.1, 0.15) is 29.9 Å². The molecule has 1 aromatic heterocycles. The van der Waals surface area contributed by atoms with Crippen LogP contribution in [0.5, 0.6) is 0 Å². The van der Waals surface area contributed by atoms with Gasteiger partial charge in [0.25, 0.3) is 0 Å². The number of aryl methyl sites for hydroxylation is 1. The Kier molecular flexibility index (Phi) is 4.89. The zero-order valence-corrected chi connectivity index (χ0v) is 10.8. The third-order valence-electron chi connectivity index (χ3n) is 2.03. The SMILES string of the molecule is CCOC(=O)c1c(CC)nsc1NC(=O)NC. The Balaban J connectivity index is 3.01. The van der Waals surface area contributed by atoms with E-state index < -0.39 is 5.97 Å². The lowest BCUT2D eigenvalue weighted by atomic mass is 10.2. The molecule has 0 aliphatic heterocycles. The van der Waals surface area contributed by atoms with Gasteiger partial charge in [-0.3, -0.25) is 5.32 Å². The Bertz CT molecular complexity index is 417. The molecular weight excluding hydrogens is 242 g/mol. The third kappa shape index (κ3) is 3.16. The lowest BCUT2D eigenvalue weighted by Gasteiger charge is -2.05.